The molecule has 2 aromatic rings. The normalized spacial score (nSPS) is 10.7. The van der Waals surface area contributed by atoms with E-state index in [1.54, 1.807) is 0 Å². The Balaban J connectivity index is 2.13. The molecule has 0 spiro atoms. The van der Waals surface area contributed by atoms with E-state index in [4.69, 9.17) is 11.6 Å². The molecule has 1 heterocycles. The minimum Gasteiger partial charge on any atom is -0.378 e. The average Bonchev–Trinajstić information content (AvgIpc) is 2.79. The van der Waals surface area contributed by atoms with Gasteiger partial charge in [0.15, 0.2) is 0 Å². The summed E-state index contributed by atoms with van der Waals surface area (Å²) in [6.07, 6.45) is 3.72. The molecule has 96 valence electrons. The summed E-state index contributed by atoms with van der Waals surface area (Å²) in [5, 5.41) is 4.13. The van der Waals surface area contributed by atoms with E-state index in [2.05, 4.69) is 37.7 Å². The van der Waals surface area contributed by atoms with Crippen LogP contribution in [0.2, 0.25) is 5.02 Å². The highest BCUT2D eigenvalue weighted by atomic mass is 79.9. The molecule has 0 unspecified atom stereocenters. The van der Waals surface area contributed by atoms with Gasteiger partial charge in [0.05, 0.1) is 24.3 Å². The lowest BCUT2D eigenvalue weighted by Gasteiger charge is -2.11. The zero-order chi connectivity index (χ0) is 13.1. The van der Waals surface area contributed by atoms with Crippen LogP contribution in [-0.4, -0.2) is 9.55 Å². The summed E-state index contributed by atoms with van der Waals surface area (Å²) in [5.74, 6) is 0. The lowest BCUT2D eigenvalue weighted by molar-refractivity contribution is 0.719. The molecule has 2 rings (SSSR count). The third kappa shape index (κ3) is 2.87. The Morgan fingerprint density at radius 1 is 1.44 bits per heavy atom. The first kappa shape index (κ1) is 13.4. The van der Waals surface area contributed by atoms with Crippen molar-refractivity contribution in [3.05, 3.63) is 45.4 Å². The highest BCUT2D eigenvalue weighted by molar-refractivity contribution is 9.10. The summed E-state index contributed by atoms with van der Waals surface area (Å²) in [6.45, 7) is 5.74. The Hall–Kier alpha value is -1.000. The predicted molar refractivity (Wildman–Crippen MR) is 79.1 cm³/mol. The standard InChI is InChI=1S/C13H15BrClN3/c1-3-18-8-16-6-10(18)7-17-13-5-12(15)9(2)4-11(13)14/h4-6,8,17H,3,7H2,1-2H3. The van der Waals surface area contributed by atoms with Crippen LogP contribution in [0.5, 0.6) is 0 Å². The smallest absolute Gasteiger partial charge is 0.0948 e. The lowest BCUT2D eigenvalue weighted by Crippen LogP contribution is -2.06. The van der Waals surface area contributed by atoms with Gasteiger partial charge in [0.1, 0.15) is 0 Å². The van der Waals surface area contributed by atoms with Crippen molar-refractivity contribution in [2.75, 3.05) is 5.32 Å². The molecule has 1 N–H and O–H groups in total. The minimum atomic E-state index is 0.728. The number of halogens is 2. The maximum atomic E-state index is 6.13. The third-order valence-corrected chi connectivity index (χ3v) is 3.91. The van der Waals surface area contributed by atoms with E-state index >= 15 is 0 Å². The number of hydrogen-bond donors (Lipinski definition) is 1. The van der Waals surface area contributed by atoms with E-state index in [0.717, 1.165) is 39.5 Å². The van der Waals surface area contributed by atoms with Crippen LogP contribution >= 0.6 is 27.5 Å². The Morgan fingerprint density at radius 2 is 2.22 bits per heavy atom. The van der Waals surface area contributed by atoms with Crippen LogP contribution in [-0.2, 0) is 13.1 Å². The summed E-state index contributed by atoms with van der Waals surface area (Å²) >= 11 is 9.66. The summed E-state index contributed by atoms with van der Waals surface area (Å²) in [6, 6.07) is 3.95. The molecule has 0 bridgehead atoms. The van der Waals surface area contributed by atoms with Crippen molar-refractivity contribution in [2.24, 2.45) is 0 Å². The Morgan fingerprint density at radius 3 is 2.94 bits per heavy atom. The molecule has 1 aromatic carbocycles. The molecule has 0 radical (unpaired) electrons. The summed E-state index contributed by atoms with van der Waals surface area (Å²) in [7, 11) is 0. The number of nitrogens with zero attached hydrogens (tertiary/aromatic N) is 2. The number of hydrogen-bond acceptors (Lipinski definition) is 2. The van der Waals surface area contributed by atoms with Crippen molar-refractivity contribution in [3.8, 4) is 0 Å². The molecule has 0 saturated carbocycles. The quantitative estimate of drug-likeness (QED) is 0.910. The van der Waals surface area contributed by atoms with Gasteiger partial charge in [0.2, 0.25) is 0 Å². The van der Waals surface area contributed by atoms with E-state index in [1.165, 1.54) is 0 Å². The van der Waals surface area contributed by atoms with Crippen LogP contribution in [0.15, 0.2) is 29.1 Å². The molecular weight excluding hydrogens is 314 g/mol. The molecule has 0 atom stereocenters. The Bertz CT molecular complexity index is 551. The molecule has 1 aromatic heterocycles. The van der Waals surface area contributed by atoms with Gasteiger partial charge in [0.25, 0.3) is 0 Å². The average molecular weight is 329 g/mol. The molecule has 3 nitrogen and oxygen atoms in total. The topological polar surface area (TPSA) is 29.9 Å². The molecule has 0 amide bonds. The van der Waals surface area contributed by atoms with Crippen molar-refractivity contribution < 1.29 is 0 Å². The van der Waals surface area contributed by atoms with Gasteiger partial charge >= 0.3 is 0 Å². The van der Waals surface area contributed by atoms with Gasteiger partial charge in [-0.05, 0) is 47.5 Å². The first-order valence-electron chi connectivity index (χ1n) is 5.80. The number of aryl methyl sites for hydroxylation is 2. The SMILES string of the molecule is CCn1cncc1CNc1cc(Cl)c(C)cc1Br. The van der Waals surface area contributed by atoms with Crippen LogP contribution < -0.4 is 5.32 Å². The van der Waals surface area contributed by atoms with Crippen molar-refractivity contribution in [1.82, 2.24) is 9.55 Å². The number of rotatable bonds is 4. The van der Waals surface area contributed by atoms with E-state index in [9.17, 15) is 0 Å². The molecular formula is C13H15BrClN3. The molecule has 0 fully saturated rings. The highest BCUT2D eigenvalue weighted by Gasteiger charge is 2.05. The third-order valence-electron chi connectivity index (χ3n) is 2.85. The van der Waals surface area contributed by atoms with Gasteiger partial charge in [-0.2, -0.15) is 0 Å². The van der Waals surface area contributed by atoms with Crippen molar-refractivity contribution in [3.63, 3.8) is 0 Å². The molecule has 0 saturated heterocycles. The fraction of sp³-hybridized carbons (Fsp3) is 0.308. The van der Waals surface area contributed by atoms with Crippen LogP contribution in [0.25, 0.3) is 0 Å². The summed E-state index contributed by atoms with van der Waals surface area (Å²) in [4.78, 5) is 4.14. The largest absolute Gasteiger partial charge is 0.378 e. The second-order valence-corrected chi connectivity index (χ2v) is 5.37. The van der Waals surface area contributed by atoms with Crippen molar-refractivity contribution >= 4 is 33.2 Å². The number of benzene rings is 1. The predicted octanol–water partition coefficient (Wildman–Crippen LogP) is 4.24. The van der Waals surface area contributed by atoms with E-state index < -0.39 is 0 Å². The van der Waals surface area contributed by atoms with Crippen LogP contribution in [0, 0.1) is 6.92 Å². The second kappa shape index (κ2) is 5.76. The first-order chi connectivity index (χ1) is 8.61. The summed E-state index contributed by atoms with van der Waals surface area (Å²) in [5.41, 5.74) is 3.21. The maximum absolute atomic E-state index is 6.13. The van der Waals surface area contributed by atoms with E-state index in [0.29, 0.717) is 0 Å². The van der Waals surface area contributed by atoms with Crippen LogP contribution in [0.1, 0.15) is 18.2 Å². The summed E-state index contributed by atoms with van der Waals surface area (Å²) < 4.78 is 3.13. The zero-order valence-electron chi connectivity index (χ0n) is 10.4. The highest BCUT2D eigenvalue weighted by Crippen LogP contribution is 2.29. The van der Waals surface area contributed by atoms with Crippen LogP contribution in [0.3, 0.4) is 0 Å². The number of anilines is 1. The Labute approximate surface area is 120 Å². The molecule has 0 aliphatic heterocycles. The monoisotopic (exact) mass is 327 g/mol. The van der Waals surface area contributed by atoms with Gasteiger partial charge in [-0.1, -0.05) is 11.6 Å². The first-order valence-corrected chi connectivity index (χ1v) is 6.97. The minimum absolute atomic E-state index is 0.728. The lowest BCUT2D eigenvalue weighted by atomic mass is 10.2. The van der Waals surface area contributed by atoms with E-state index in [1.807, 2.05) is 31.6 Å². The van der Waals surface area contributed by atoms with Gasteiger partial charge in [-0.15, -0.1) is 0 Å². The Kier molecular flexibility index (Phi) is 4.30. The maximum Gasteiger partial charge on any atom is 0.0948 e. The molecule has 5 heteroatoms. The molecule has 0 aliphatic carbocycles. The van der Waals surface area contributed by atoms with Crippen LogP contribution in [0.4, 0.5) is 5.69 Å². The zero-order valence-corrected chi connectivity index (χ0v) is 12.7. The van der Waals surface area contributed by atoms with Gasteiger partial charge in [-0.25, -0.2) is 4.98 Å². The fourth-order valence-corrected chi connectivity index (χ4v) is 2.51. The van der Waals surface area contributed by atoms with Gasteiger partial charge < -0.3 is 9.88 Å². The second-order valence-electron chi connectivity index (χ2n) is 4.11. The number of aromatic nitrogens is 2. The molecule has 18 heavy (non-hydrogen) atoms. The van der Waals surface area contributed by atoms with Gasteiger partial charge in [-0.3, -0.25) is 0 Å². The number of nitrogens with one attached hydrogen (secondary N) is 1. The van der Waals surface area contributed by atoms with Gasteiger partial charge in [0, 0.05) is 22.2 Å². The van der Waals surface area contributed by atoms with Crippen molar-refractivity contribution in [1.29, 1.82) is 0 Å². The molecule has 0 aliphatic rings. The number of imidazole rings is 1. The fourth-order valence-electron chi connectivity index (χ4n) is 1.75. The van der Waals surface area contributed by atoms with Crippen molar-refractivity contribution in [2.45, 2.75) is 26.9 Å². The van der Waals surface area contributed by atoms with E-state index in [-0.39, 0.29) is 0 Å².